The highest BCUT2D eigenvalue weighted by Crippen LogP contribution is 2.31. The molecular weight excluding hydrogens is 272 g/mol. The van der Waals surface area contributed by atoms with Crippen LogP contribution >= 0.6 is 12.4 Å². The fourth-order valence-electron chi connectivity index (χ4n) is 3.30. The van der Waals surface area contributed by atoms with Crippen LogP contribution in [0.15, 0.2) is 30.3 Å². The molecule has 3 nitrogen and oxygen atoms in total. The molecule has 0 saturated carbocycles. The molecule has 1 aromatic carbocycles. The van der Waals surface area contributed by atoms with Gasteiger partial charge in [-0.1, -0.05) is 37.3 Å². The molecule has 0 spiro atoms. The van der Waals surface area contributed by atoms with Gasteiger partial charge < -0.3 is 10.1 Å². The van der Waals surface area contributed by atoms with E-state index in [4.69, 9.17) is 4.74 Å². The molecule has 4 heteroatoms. The van der Waals surface area contributed by atoms with Crippen molar-refractivity contribution in [3.8, 4) is 0 Å². The molecule has 2 atom stereocenters. The van der Waals surface area contributed by atoms with E-state index < -0.39 is 0 Å². The Hall–Kier alpha value is -0.610. The molecule has 2 unspecified atom stereocenters. The molecule has 3 rings (SSSR count). The lowest BCUT2D eigenvalue weighted by Gasteiger charge is -2.40. The number of morpholine rings is 1. The Bertz CT molecular complexity index is 406. The third-order valence-electron chi connectivity index (χ3n) is 4.47. The largest absolute Gasteiger partial charge is 0.378 e. The highest BCUT2D eigenvalue weighted by Gasteiger charge is 2.34. The molecule has 0 aromatic heterocycles. The van der Waals surface area contributed by atoms with E-state index in [1.807, 2.05) is 0 Å². The Kier molecular flexibility index (Phi) is 5.44. The Labute approximate surface area is 128 Å². The van der Waals surface area contributed by atoms with E-state index in [0.29, 0.717) is 11.5 Å². The van der Waals surface area contributed by atoms with Gasteiger partial charge in [-0.25, -0.2) is 0 Å². The monoisotopic (exact) mass is 296 g/mol. The highest BCUT2D eigenvalue weighted by molar-refractivity contribution is 5.85. The fourth-order valence-corrected chi connectivity index (χ4v) is 3.30. The maximum absolute atomic E-state index is 5.71. The molecule has 112 valence electrons. The second kappa shape index (κ2) is 6.90. The molecule has 0 bridgehead atoms. The van der Waals surface area contributed by atoms with E-state index in [9.17, 15) is 0 Å². The molecule has 0 radical (unpaired) electrons. The van der Waals surface area contributed by atoms with Gasteiger partial charge in [-0.2, -0.15) is 0 Å². The summed E-state index contributed by atoms with van der Waals surface area (Å²) in [6.07, 6.45) is 1.28. The van der Waals surface area contributed by atoms with Crippen LogP contribution < -0.4 is 5.32 Å². The van der Waals surface area contributed by atoms with Gasteiger partial charge in [0.1, 0.15) is 0 Å². The maximum atomic E-state index is 5.71. The lowest BCUT2D eigenvalue weighted by atomic mass is 9.88. The Morgan fingerprint density at radius 3 is 2.85 bits per heavy atom. The van der Waals surface area contributed by atoms with Crippen LogP contribution in [0.3, 0.4) is 0 Å². The number of nitrogens with zero attached hydrogens (tertiary/aromatic N) is 1. The summed E-state index contributed by atoms with van der Waals surface area (Å²) >= 11 is 0. The summed E-state index contributed by atoms with van der Waals surface area (Å²) < 4.78 is 5.71. The van der Waals surface area contributed by atoms with Gasteiger partial charge in [0.25, 0.3) is 0 Å². The van der Waals surface area contributed by atoms with Crippen molar-refractivity contribution in [1.29, 1.82) is 0 Å². The number of hydrogen-bond donors (Lipinski definition) is 1. The summed E-state index contributed by atoms with van der Waals surface area (Å²) in [5, 5.41) is 3.50. The fraction of sp³-hybridized carbons (Fsp3) is 0.625. The minimum atomic E-state index is 0. The predicted molar refractivity (Wildman–Crippen MR) is 84.4 cm³/mol. The normalized spacial score (nSPS) is 30.9. The molecule has 0 amide bonds. The summed E-state index contributed by atoms with van der Waals surface area (Å²) in [6.45, 7) is 8.63. The first-order chi connectivity index (χ1) is 9.27. The Morgan fingerprint density at radius 2 is 2.15 bits per heavy atom. The van der Waals surface area contributed by atoms with Crippen LogP contribution in [0, 0.1) is 5.41 Å². The second-order valence-electron chi connectivity index (χ2n) is 6.21. The number of rotatable bonds is 3. The zero-order chi connectivity index (χ0) is 13.1. The number of hydrogen-bond acceptors (Lipinski definition) is 3. The standard InChI is InChI=1S/C16H24N2O.ClH/c1-16(7-8-17-12-16)13-18-9-10-19-11-15(18)14-5-3-2-4-6-14;/h2-6,15,17H,7-13H2,1H3;1H. The summed E-state index contributed by atoms with van der Waals surface area (Å²) in [5.41, 5.74) is 1.81. The molecule has 1 aromatic rings. The van der Waals surface area contributed by atoms with Gasteiger partial charge in [0.2, 0.25) is 0 Å². The van der Waals surface area contributed by atoms with Crippen molar-refractivity contribution in [2.24, 2.45) is 5.41 Å². The predicted octanol–water partition coefficient (Wildman–Crippen LogP) is 2.48. The van der Waals surface area contributed by atoms with E-state index >= 15 is 0 Å². The smallest absolute Gasteiger partial charge is 0.0664 e. The van der Waals surface area contributed by atoms with Crippen LogP contribution in [0.4, 0.5) is 0 Å². The zero-order valence-electron chi connectivity index (χ0n) is 12.2. The minimum absolute atomic E-state index is 0. The molecular formula is C16H25ClN2O. The SMILES string of the molecule is CC1(CN2CCOCC2c2ccccc2)CCNC1.Cl. The number of ether oxygens (including phenoxy) is 1. The third kappa shape index (κ3) is 3.53. The third-order valence-corrected chi connectivity index (χ3v) is 4.47. The zero-order valence-corrected chi connectivity index (χ0v) is 13.0. The van der Waals surface area contributed by atoms with E-state index in [-0.39, 0.29) is 12.4 Å². The van der Waals surface area contributed by atoms with Gasteiger partial charge >= 0.3 is 0 Å². The van der Waals surface area contributed by atoms with Crippen molar-refractivity contribution >= 4 is 12.4 Å². The van der Waals surface area contributed by atoms with Gasteiger partial charge in [-0.3, -0.25) is 4.90 Å². The topological polar surface area (TPSA) is 24.5 Å². The quantitative estimate of drug-likeness (QED) is 0.927. The Morgan fingerprint density at radius 1 is 1.35 bits per heavy atom. The molecule has 1 N–H and O–H groups in total. The highest BCUT2D eigenvalue weighted by atomic mass is 35.5. The van der Waals surface area contributed by atoms with E-state index in [1.54, 1.807) is 0 Å². The second-order valence-corrected chi connectivity index (χ2v) is 6.21. The molecule has 20 heavy (non-hydrogen) atoms. The first-order valence-electron chi connectivity index (χ1n) is 7.34. The van der Waals surface area contributed by atoms with Crippen LogP contribution in [0.5, 0.6) is 0 Å². The molecule has 0 aliphatic carbocycles. The Balaban J connectivity index is 0.00000147. The number of benzene rings is 1. The van der Waals surface area contributed by atoms with Crippen molar-refractivity contribution < 1.29 is 4.74 Å². The van der Waals surface area contributed by atoms with Gasteiger partial charge in [-0.05, 0) is 23.9 Å². The van der Waals surface area contributed by atoms with E-state index in [2.05, 4.69) is 47.5 Å². The average Bonchev–Trinajstić information content (AvgIpc) is 2.87. The maximum Gasteiger partial charge on any atom is 0.0664 e. The molecule has 2 aliphatic heterocycles. The van der Waals surface area contributed by atoms with Crippen LogP contribution in [0.25, 0.3) is 0 Å². The molecule has 2 saturated heterocycles. The van der Waals surface area contributed by atoms with Crippen LogP contribution in [-0.4, -0.2) is 44.3 Å². The molecule has 2 heterocycles. The molecule has 2 fully saturated rings. The average molecular weight is 297 g/mol. The summed E-state index contributed by atoms with van der Waals surface area (Å²) in [6, 6.07) is 11.2. The number of halogens is 1. The van der Waals surface area contributed by atoms with Crippen molar-refractivity contribution in [1.82, 2.24) is 10.2 Å². The van der Waals surface area contributed by atoms with Gasteiger partial charge in [0, 0.05) is 19.6 Å². The van der Waals surface area contributed by atoms with Crippen molar-refractivity contribution in [2.75, 3.05) is 39.4 Å². The summed E-state index contributed by atoms with van der Waals surface area (Å²) in [5.74, 6) is 0. The first kappa shape index (κ1) is 15.8. The van der Waals surface area contributed by atoms with Crippen LogP contribution in [0.1, 0.15) is 24.9 Å². The summed E-state index contributed by atoms with van der Waals surface area (Å²) in [7, 11) is 0. The van der Waals surface area contributed by atoms with Crippen molar-refractivity contribution in [3.63, 3.8) is 0 Å². The van der Waals surface area contributed by atoms with Crippen LogP contribution in [-0.2, 0) is 4.74 Å². The lowest BCUT2D eigenvalue weighted by molar-refractivity contribution is -0.0238. The van der Waals surface area contributed by atoms with Gasteiger partial charge in [-0.15, -0.1) is 12.4 Å². The summed E-state index contributed by atoms with van der Waals surface area (Å²) in [4.78, 5) is 2.62. The van der Waals surface area contributed by atoms with E-state index in [0.717, 1.165) is 32.8 Å². The van der Waals surface area contributed by atoms with Gasteiger partial charge in [0.05, 0.1) is 19.3 Å². The van der Waals surface area contributed by atoms with Crippen LogP contribution in [0.2, 0.25) is 0 Å². The van der Waals surface area contributed by atoms with Crippen molar-refractivity contribution in [2.45, 2.75) is 19.4 Å². The number of nitrogens with one attached hydrogen (secondary N) is 1. The minimum Gasteiger partial charge on any atom is -0.378 e. The first-order valence-corrected chi connectivity index (χ1v) is 7.34. The van der Waals surface area contributed by atoms with Gasteiger partial charge in [0.15, 0.2) is 0 Å². The molecule has 2 aliphatic rings. The lowest BCUT2D eigenvalue weighted by Crippen LogP contribution is -2.45. The van der Waals surface area contributed by atoms with E-state index in [1.165, 1.54) is 18.5 Å². The van der Waals surface area contributed by atoms with Crippen molar-refractivity contribution in [3.05, 3.63) is 35.9 Å².